The maximum Gasteiger partial charge on any atom is 0.307 e. The van der Waals surface area contributed by atoms with Gasteiger partial charge in [0.2, 0.25) is 0 Å². The summed E-state index contributed by atoms with van der Waals surface area (Å²) in [6.07, 6.45) is 5.32. The van der Waals surface area contributed by atoms with E-state index >= 15 is 0 Å². The van der Waals surface area contributed by atoms with Gasteiger partial charge in [0.15, 0.2) is 0 Å². The number of morpholine rings is 1. The standard InChI is InChI=1S/C15H25N3O3/c1-3-5-18-12-13(11-16-18)14(10-15(19)21-4-2)17-6-8-20-9-7-17/h11-12,14H,3-10H2,1-2H3. The molecule has 21 heavy (non-hydrogen) atoms. The van der Waals surface area contributed by atoms with Crippen LogP contribution in [-0.4, -0.2) is 53.6 Å². The summed E-state index contributed by atoms with van der Waals surface area (Å²) in [6.45, 7) is 8.37. The molecule has 1 atom stereocenters. The van der Waals surface area contributed by atoms with Crippen LogP contribution in [0, 0.1) is 0 Å². The van der Waals surface area contributed by atoms with Gasteiger partial charge in [-0.05, 0) is 13.3 Å². The molecule has 1 fully saturated rings. The highest BCUT2D eigenvalue weighted by molar-refractivity contribution is 5.70. The molecule has 0 radical (unpaired) electrons. The third-order valence-corrected chi connectivity index (χ3v) is 3.64. The first-order chi connectivity index (χ1) is 10.2. The Kier molecular flexibility index (Phi) is 6.20. The smallest absolute Gasteiger partial charge is 0.307 e. The molecule has 6 heteroatoms. The fraction of sp³-hybridized carbons (Fsp3) is 0.733. The lowest BCUT2D eigenvalue weighted by atomic mass is 10.1. The molecule has 1 aromatic heterocycles. The Labute approximate surface area is 126 Å². The highest BCUT2D eigenvalue weighted by Gasteiger charge is 2.26. The van der Waals surface area contributed by atoms with Crippen molar-refractivity contribution in [3.05, 3.63) is 18.0 Å². The van der Waals surface area contributed by atoms with E-state index in [0.717, 1.165) is 31.6 Å². The molecule has 0 saturated carbocycles. The van der Waals surface area contributed by atoms with Gasteiger partial charge in [0.1, 0.15) is 0 Å². The van der Waals surface area contributed by atoms with Gasteiger partial charge < -0.3 is 9.47 Å². The number of aromatic nitrogens is 2. The maximum atomic E-state index is 11.9. The molecule has 1 aliphatic rings. The van der Waals surface area contributed by atoms with Crippen LogP contribution in [0.15, 0.2) is 12.4 Å². The number of hydrogen-bond donors (Lipinski definition) is 0. The lowest BCUT2D eigenvalue weighted by Crippen LogP contribution is -2.40. The molecule has 118 valence electrons. The number of rotatable bonds is 7. The van der Waals surface area contributed by atoms with Crippen molar-refractivity contribution in [1.82, 2.24) is 14.7 Å². The predicted molar refractivity (Wildman–Crippen MR) is 78.9 cm³/mol. The van der Waals surface area contributed by atoms with E-state index in [1.165, 1.54) is 0 Å². The predicted octanol–water partition coefficient (Wildman–Crippen LogP) is 1.62. The van der Waals surface area contributed by atoms with Crippen molar-refractivity contribution in [3.63, 3.8) is 0 Å². The number of carbonyl (C=O) groups excluding carboxylic acids is 1. The van der Waals surface area contributed by atoms with E-state index in [-0.39, 0.29) is 12.0 Å². The molecular weight excluding hydrogens is 270 g/mol. The summed E-state index contributed by atoms with van der Waals surface area (Å²) in [7, 11) is 0. The van der Waals surface area contributed by atoms with E-state index in [4.69, 9.17) is 9.47 Å². The summed E-state index contributed by atoms with van der Waals surface area (Å²) >= 11 is 0. The van der Waals surface area contributed by atoms with Gasteiger partial charge in [-0.1, -0.05) is 6.92 Å². The number of carbonyl (C=O) groups is 1. The van der Waals surface area contributed by atoms with Gasteiger partial charge in [0, 0.05) is 37.4 Å². The van der Waals surface area contributed by atoms with Crippen LogP contribution in [0.4, 0.5) is 0 Å². The van der Waals surface area contributed by atoms with Crippen molar-refractivity contribution < 1.29 is 14.3 Å². The zero-order chi connectivity index (χ0) is 15.1. The maximum absolute atomic E-state index is 11.9. The fourth-order valence-corrected chi connectivity index (χ4v) is 2.63. The summed E-state index contributed by atoms with van der Waals surface area (Å²) in [5.74, 6) is -0.155. The minimum Gasteiger partial charge on any atom is -0.466 e. The van der Waals surface area contributed by atoms with Crippen LogP contribution in [0.25, 0.3) is 0 Å². The zero-order valence-electron chi connectivity index (χ0n) is 13.0. The molecular formula is C15H25N3O3. The van der Waals surface area contributed by atoms with Gasteiger partial charge in [-0.2, -0.15) is 5.10 Å². The van der Waals surface area contributed by atoms with E-state index < -0.39 is 0 Å². The minimum atomic E-state index is -0.155. The van der Waals surface area contributed by atoms with Crippen LogP contribution in [0.5, 0.6) is 0 Å². The van der Waals surface area contributed by atoms with Crippen molar-refractivity contribution >= 4 is 5.97 Å². The SMILES string of the molecule is CCCn1cc(C(CC(=O)OCC)N2CCOCC2)cn1. The van der Waals surface area contributed by atoms with Crippen molar-refractivity contribution in [2.24, 2.45) is 0 Å². The van der Waals surface area contributed by atoms with Crippen molar-refractivity contribution in [2.75, 3.05) is 32.9 Å². The topological polar surface area (TPSA) is 56.6 Å². The fourth-order valence-electron chi connectivity index (χ4n) is 2.63. The lowest BCUT2D eigenvalue weighted by Gasteiger charge is -2.33. The first-order valence-electron chi connectivity index (χ1n) is 7.74. The molecule has 0 aliphatic carbocycles. The second-order valence-electron chi connectivity index (χ2n) is 5.21. The molecule has 1 unspecified atom stereocenters. The Hall–Kier alpha value is -1.40. The van der Waals surface area contributed by atoms with Crippen molar-refractivity contribution in [1.29, 1.82) is 0 Å². The minimum absolute atomic E-state index is 0.0264. The molecule has 6 nitrogen and oxygen atoms in total. The van der Waals surface area contributed by atoms with Crippen LogP contribution >= 0.6 is 0 Å². The van der Waals surface area contributed by atoms with Gasteiger partial charge in [-0.25, -0.2) is 0 Å². The first kappa shape index (κ1) is 16.0. The quantitative estimate of drug-likeness (QED) is 0.715. The third-order valence-electron chi connectivity index (χ3n) is 3.64. The monoisotopic (exact) mass is 295 g/mol. The molecule has 0 bridgehead atoms. The van der Waals surface area contributed by atoms with E-state index in [0.29, 0.717) is 26.2 Å². The molecule has 0 spiro atoms. The number of aryl methyl sites for hydroxylation is 1. The van der Waals surface area contributed by atoms with Gasteiger partial charge in [-0.3, -0.25) is 14.4 Å². The Morgan fingerprint density at radius 3 is 2.86 bits per heavy atom. The number of hydrogen-bond acceptors (Lipinski definition) is 5. The summed E-state index contributed by atoms with van der Waals surface area (Å²) in [4.78, 5) is 14.2. The number of esters is 1. The van der Waals surface area contributed by atoms with Gasteiger partial charge >= 0.3 is 5.97 Å². The largest absolute Gasteiger partial charge is 0.466 e. The van der Waals surface area contributed by atoms with E-state index in [1.807, 2.05) is 24.0 Å². The average molecular weight is 295 g/mol. The van der Waals surface area contributed by atoms with E-state index in [1.54, 1.807) is 0 Å². The summed E-state index contributed by atoms with van der Waals surface area (Å²) in [5.41, 5.74) is 1.08. The van der Waals surface area contributed by atoms with Gasteiger partial charge in [-0.15, -0.1) is 0 Å². The number of nitrogens with zero attached hydrogens (tertiary/aromatic N) is 3. The van der Waals surface area contributed by atoms with E-state index in [2.05, 4.69) is 16.9 Å². The summed E-state index contributed by atoms with van der Waals surface area (Å²) < 4.78 is 12.5. The molecule has 0 N–H and O–H groups in total. The van der Waals surface area contributed by atoms with Gasteiger partial charge in [0.25, 0.3) is 0 Å². The Morgan fingerprint density at radius 2 is 2.19 bits per heavy atom. The van der Waals surface area contributed by atoms with E-state index in [9.17, 15) is 4.79 Å². The first-order valence-corrected chi connectivity index (χ1v) is 7.74. The van der Waals surface area contributed by atoms with Crippen LogP contribution in [0.3, 0.4) is 0 Å². The Bertz CT molecular complexity index is 441. The highest BCUT2D eigenvalue weighted by Crippen LogP contribution is 2.25. The summed E-state index contributed by atoms with van der Waals surface area (Å²) in [5, 5.41) is 4.38. The lowest BCUT2D eigenvalue weighted by molar-refractivity contribution is -0.145. The molecule has 2 rings (SSSR count). The second kappa shape index (κ2) is 8.14. The number of ether oxygens (including phenoxy) is 2. The van der Waals surface area contributed by atoms with Crippen LogP contribution in [0.2, 0.25) is 0 Å². The normalized spacial score (nSPS) is 17.6. The summed E-state index contributed by atoms with van der Waals surface area (Å²) in [6, 6.07) is 0.0264. The van der Waals surface area contributed by atoms with Crippen LogP contribution in [-0.2, 0) is 20.8 Å². The molecule has 1 aliphatic heterocycles. The molecule has 0 aromatic carbocycles. The highest BCUT2D eigenvalue weighted by atomic mass is 16.5. The molecule has 0 amide bonds. The molecule has 1 saturated heterocycles. The molecule has 2 heterocycles. The van der Waals surface area contributed by atoms with Crippen molar-refractivity contribution in [3.8, 4) is 0 Å². The zero-order valence-corrected chi connectivity index (χ0v) is 13.0. The Balaban J connectivity index is 2.10. The Morgan fingerprint density at radius 1 is 1.43 bits per heavy atom. The van der Waals surface area contributed by atoms with Gasteiger partial charge in [0.05, 0.1) is 32.4 Å². The molecule has 1 aromatic rings. The average Bonchev–Trinajstić information content (AvgIpc) is 2.95. The van der Waals surface area contributed by atoms with Crippen LogP contribution < -0.4 is 0 Å². The van der Waals surface area contributed by atoms with Crippen LogP contribution in [0.1, 0.15) is 38.3 Å². The third kappa shape index (κ3) is 4.54. The van der Waals surface area contributed by atoms with Crippen molar-refractivity contribution in [2.45, 2.75) is 39.3 Å². The second-order valence-corrected chi connectivity index (χ2v) is 5.21.